The zero-order valence-electron chi connectivity index (χ0n) is 23.5. The predicted octanol–water partition coefficient (Wildman–Crippen LogP) is 4.24. The van der Waals surface area contributed by atoms with Crippen molar-refractivity contribution in [2.45, 2.75) is 70.0 Å². The summed E-state index contributed by atoms with van der Waals surface area (Å²) in [6.45, 7) is 5.05. The Balaban J connectivity index is 1.23. The van der Waals surface area contributed by atoms with Crippen LogP contribution in [0.4, 0.5) is 10.7 Å². The lowest BCUT2D eigenvalue weighted by Crippen LogP contribution is -2.53. The molecule has 2 amide bonds. The van der Waals surface area contributed by atoms with Gasteiger partial charge in [0.1, 0.15) is 0 Å². The number of nitrogens with zero attached hydrogens (tertiary/aromatic N) is 6. The van der Waals surface area contributed by atoms with Crippen LogP contribution in [0.2, 0.25) is 0 Å². The van der Waals surface area contributed by atoms with Crippen LogP contribution in [0.3, 0.4) is 0 Å². The van der Waals surface area contributed by atoms with Gasteiger partial charge in [0.15, 0.2) is 0 Å². The van der Waals surface area contributed by atoms with E-state index in [0.29, 0.717) is 30.9 Å². The number of carbonyl (C=O) groups is 1. The van der Waals surface area contributed by atoms with E-state index in [1.807, 2.05) is 60.0 Å². The van der Waals surface area contributed by atoms with Gasteiger partial charge >= 0.3 is 11.7 Å². The fraction of sp³-hybridized carbons (Fsp3) is 0.533. The van der Waals surface area contributed by atoms with Gasteiger partial charge in [-0.25, -0.2) is 19.6 Å². The Morgan fingerprint density at radius 1 is 0.975 bits per heavy atom. The van der Waals surface area contributed by atoms with Crippen LogP contribution >= 0.6 is 0 Å². The third-order valence-corrected chi connectivity index (χ3v) is 8.61. The topological polar surface area (TPSA) is 97.5 Å². The lowest BCUT2D eigenvalue weighted by molar-refractivity contribution is 0.0686. The summed E-state index contributed by atoms with van der Waals surface area (Å²) in [5.41, 5.74) is 3.32. The first kappa shape index (κ1) is 26.6. The number of hydrogen-bond donors (Lipinski definition) is 1. The zero-order valence-corrected chi connectivity index (χ0v) is 23.5. The van der Waals surface area contributed by atoms with E-state index < -0.39 is 0 Å². The Hall–Kier alpha value is -3.66. The maximum absolute atomic E-state index is 13.8. The van der Waals surface area contributed by atoms with Crippen molar-refractivity contribution in [1.29, 1.82) is 0 Å². The summed E-state index contributed by atoms with van der Waals surface area (Å²) in [4.78, 5) is 39.7. The smallest absolute Gasteiger partial charge is 0.333 e. The van der Waals surface area contributed by atoms with Crippen LogP contribution in [0.5, 0.6) is 0 Å². The lowest BCUT2D eigenvalue weighted by Gasteiger charge is -2.41. The van der Waals surface area contributed by atoms with Crippen LogP contribution in [0.25, 0.3) is 17.1 Å². The van der Waals surface area contributed by atoms with Crippen molar-refractivity contribution in [2.75, 3.05) is 38.7 Å². The number of amides is 2. The number of aryl methyl sites for hydroxylation is 1. The van der Waals surface area contributed by atoms with Crippen LogP contribution < -0.4 is 11.0 Å². The van der Waals surface area contributed by atoms with Crippen LogP contribution in [0, 0.1) is 6.92 Å². The molecule has 2 aliphatic heterocycles. The first-order valence-corrected chi connectivity index (χ1v) is 14.6. The van der Waals surface area contributed by atoms with Gasteiger partial charge in [-0.2, -0.15) is 0 Å². The molecule has 3 aliphatic rings. The average molecular weight is 546 g/mol. The summed E-state index contributed by atoms with van der Waals surface area (Å²) < 4.78 is 9.18. The SMILES string of the molecule is Cc1cccc(-n2c(-c3ccnc(NC4CCC(N5CCCN(C)C5=O)CC4)n3)cn(C3CCOCC3)c2=O)c1. The Morgan fingerprint density at radius 3 is 2.55 bits per heavy atom. The van der Waals surface area contributed by atoms with E-state index in [1.165, 1.54) is 0 Å². The van der Waals surface area contributed by atoms with E-state index in [-0.39, 0.29) is 23.8 Å². The molecule has 1 aliphatic carbocycles. The van der Waals surface area contributed by atoms with Crippen LogP contribution in [0.1, 0.15) is 56.6 Å². The maximum Gasteiger partial charge on any atom is 0.333 e. The summed E-state index contributed by atoms with van der Waals surface area (Å²) in [5, 5.41) is 3.54. The molecule has 3 aromatic rings. The number of benzene rings is 1. The molecule has 1 N–H and O–H groups in total. The number of carbonyl (C=O) groups excluding carboxylic acids is 1. The quantitative estimate of drug-likeness (QED) is 0.498. The van der Waals surface area contributed by atoms with Gasteiger partial charge in [0.25, 0.3) is 0 Å². The molecule has 0 radical (unpaired) electrons. The highest BCUT2D eigenvalue weighted by molar-refractivity contribution is 5.75. The standard InChI is InChI=1S/C30H39N7O3/c1-21-5-3-6-25(19-21)37-27(20-36(30(37)39)24-12-17-40-18-13-24)26-11-14-31-28(33-26)32-22-7-9-23(10-8-22)35-16-4-15-34(2)29(35)38/h3,5-6,11,14,19-20,22-24H,4,7-10,12-13,15-18H2,1-2H3,(H,31,32,33). The number of imidazole rings is 1. The van der Waals surface area contributed by atoms with Crippen molar-refractivity contribution in [3.8, 4) is 17.1 Å². The summed E-state index contributed by atoms with van der Waals surface area (Å²) >= 11 is 0. The fourth-order valence-electron chi connectivity index (χ4n) is 6.40. The minimum Gasteiger partial charge on any atom is -0.381 e. The molecule has 10 heteroatoms. The Morgan fingerprint density at radius 2 is 1.77 bits per heavy atom. The summed E-state index contributed by atoms with van der Waals surface area (Å²) in [5.74, 6) is 0.566. The van der Waals surface area contributed by atoms with Crippen LogP contribution in [0.15, 0.2) is 47.5 Å². The summed E-state index contributed by atoms with van der Waals surface area (Å²) in [6, 6.07) is 10.7. The molecule has 0 unspecified atom stereocenters. The molecule has 10 nitrogen and oxygen atoms in total. The molecule has 2 saturated heterocycles. The number of aromatic nitrogens is 4. The van der Waals surface area contributed by atoms with E-state index in [4.69, 9.17) is 9.72 Å². The molecule has 212 valence electrons. The molecule has 2 aromatic heterocycles. The van der Waals surface area contributed by atoms with E-state index in [0.717, 1.165) is 75.0 Å². The number of hydrogen-bond acceptors (Lipinski definition) is 6. The monoisotopic (exact) mass is 545 g/mol. The molecule has 0 atom stereocenters. The minimum atomic E-state index is -0.0585. The molecule has 4 heterocycles. The number of rotatable bonds is 6. The summed E-state index contributed by atoms with van der Waals surface area (Å²) in [7, 11) is 1.89. The first-order valence-electron chi connectivity index (χ1n) is 14.6. The molecule has 1 saturated carbocycles. The van der Waals surface area contributed by atoms with Gasteiger partial charge < -0.3 is 19.9 Å². The predicted molar refractivity (Wildman–Crippen MR) is 154 cm³/mol. The van der Waals surface area contributed by atoms with Crippen molar-refractivity contribution < 1.29 is 9.53 Å². The fourth-order valence-corrected chi connectivity index (χ4v) is 6.40. The van der Waals surface area contributed by atoms with Crippen molar-refractivity contribution in [3.05, 3.63) is 58.8 Å². The first-order chi connectivity index (χ1) is 19.5. The van der Waals surface area contributed by atoms with E-state index in [2.05, 4.69) is 15.2 Å². The van der Waals surface area contributed by atoms with Crippen LogP contribution in [-0.2, 0) is 4.74 Å². The molecular formula is C30H39N7O3. The van der Waals surface area contributed by atoms with Crippen LogP contribution in [-0.4, -0.2) is 80.4 Å². The van der Waals surface area contributed by atoms with Gasteiger partial charge in [-0.05, 0) is 75.6 Å². The Labute approximate surface area is 235 Å². The molecule has 6 rings (SSSR count). The van der Waals surface area contributed by atoms with Gasteiger partial charge in [-0.15, -0.1) is 0 Å². The average Bonchev–Trinajstić information content (AvgIpc) is 3.32. The second kappa shape index (κ2) is 11.4. The number of anilines is 1. The highest BCUT2D eigenvalue weighted by Gasteiger charge is 2.32. The Kier molecular flexibility index (Phi) is 7.60. The molecule has 40 heavy (non-hydrogen) atoms. The largest absolute Gasteiger partial charge is 0.381 e. The molecule has 1 aromatic carbocycles. The van der Waals surface area contributed by atoms with E-state index in [9.17, 15) is 9.59 Å². The lowest BCUT2D eigenvalue weighted by atomic mass is 9.90. The minimum absolute atomic E-state index is 0.0585. The summed E-state index contributed by atoms with van der Waals surface area (Å²) in [6.07, 6.45) is 10.2. The third kappa shape index (κ3) is 5.37. The van der Waals surface area contributed by atoms with Gasteiger partial charge in [-0.1, -0.05) is 12.1 Å². The second-order valence-corrected chi connectivity index (χ2v) is 11.4. The maximum atomic E-state index is 13.8. The van der Waals surface area contributed by atoms with Gasteiger partial charge in [0, 0.05) is 63.9 Å². The molecule has 3 fully saturated rings. The van der Waals surface area contributed by atoms with Gasteiger partial charge in [-0.3, -0.25) is 9.13 Å². The highest BCUT2D eigenvalue weighted by atomic mass is 16.5. The number of ether oxygens (including phenoxy) is 1. The molecule has 0 spiro atoms. The van der Waals surface area contributed by atoms with Crippen molar-refractivity contribution in [1.82, 2.24) is 28.9 Å². The van der Waals surface area contributed by atoms with Crippen molar-refractivity contribution in [3.63, 3.8) is 0 Å². The van der Waals surface area contributed by atoms with Crippen molar-refractivity contribution in [2.24, 2.45) is 0 Å². The van der Waals surface area contributed by atoms with Gasteiger partial charge in [0.2, 0.25) is 5.95 Å². The highest BCUT2D eigenvalue weighted by Crippen LogP contribution is 2.29. The Bertz CT molecular complexity index is 1400. The van der Waals surface area contributed by atoms with Crippen molar-refractivity contribution >= 4 is 12.0 Å². The molecule has 0 bridgehead atoms. The van der Waals surface area contributed by atoms with E-state index in [1.54, 1.807) is 10.8 Å². The number of nitrogens with one attached hydrogen (secondary N) is 1. The van der Waals surface area contributed by atoms with E-state index >= 15 is 0 Å². The molecular weight excluding hydrogens is 506 g/mol. The normalized spacial score (nSPS) is 22.5. The number of urea groups is 1. The zero-order chi connectivity index (χ0) is 27.6. The second-order valence-electron chi connectivity index (χ2n) is 11.4. The third-order valence-electron chi connectivity index (χ3n) is 8.61. The van der Waals surface area contributed by atoms with Gasteiger partial charge in [0.05, 0.1) is 17.1 Å².